The van der Waals surface area contributed by atoms with Crippen molar-refractivity contribution in [2.24, 2.45) is 5.73 Å². The average Bonchev–Trinajstić information content (AvgIpc) is 2.55. The van der Waals surface area contributed by atoms with E-state index in [0.29, 0.717) is 5.69 Å². The highest BCUT2D eigenvalue weighted by atomic mass is 16.2. The average molecular weight is 318 g/mol. The number of nitrogens with zero attached hydrogens (tertiary/aromatic N) is 1. The summed E-state index contributed by atoms with van der Waals surface area (Å²) in [6.45, 7) is 4.37. The number of amides is 2. The van der Waals surface area contributed by atoms with Crippen LogP contribution in [0.1, 0.15) is 45.2 Å². The van der Waals surface area contributed by atoms with Crippen LogP contribution >= 0.6 is 0 Å². The molecule has 0 fully saturated rings. The molecule has 0 aliphatic heterocycles. The molecule has 0 unspecified atom stereocenters. The smallest absolute Gasteiger partial charge is 0.258 e. The van der Waals surface area contributed by atoms with Gasteiger partial charge < -0.3 is 16.4 Å². The number of aromatic nitrogens is 1. The van der Waals surface area contributed by atoms with Crippen molar-refractivity contribution in [2.75, 3.05) is 0 Å². The van der Waals surface area contributed by atoms with E-state index in [1.807, 2.05) is 6.07 Å². The van der Waals surface area contributed by atoms with Gasteiger partial charge >= 0.3 is 0 Å². The highest BCUT2D eigenvalue weighted by molar-refractivity contribution is 6.18. The van der Waals surface area contributed by atoms with Gasteiger partial charge in [0.1, 0.15) is 5.57 Å². The van der Waals surface area contributed by atoms with Crippen LogP contribution in [0.3, 0.4) is 0 Å². The van der Waals surface area contributed by atoms with Gasteiger partial charge in [-0.3, -0.25) is 14.6 Å². The summed E-state index contributed by atoms with van der Waals surface area (Å²) in [5.74, 6) is -0.930. The molecule has 23 heavy (non-hydrogen) atoms. The molecule has 0 atom stereocenters. The number of hydrogen-bond acceptors (Lipinski definition) is 4. The van der Waals surface area contributed by atoms with Crippen LogP contribution in [0.4, 0.5) is 0 Å². The van der Waals surface area contributed by atoms with E-state index >= 15 is 0 Å². The second-order valence-corrected chi connectivity index (χ2v) is 5.33. The zero-order valence-corrected chi connectivity index (χ0v) is 13.8. The number of rotatable bonds is 9. The Morgan fingerprint density at radius 3 is 2.43 bits per heavy atom. The van der Waals surface area contributed by atoms with Crippen molar-refractivity contribution in [3.8, 4) is 0 Å². The number of nitrogens with one attached hydrogen (secondary N) is 2. The number of carbonyl (C=O) groups excluding carboxylic acids is 2. The lowest BCUT2D eigenvalue weighted by atomic mass is 10.1. The van der Waals surface area contributed by atoms with Crippen molar-refractivity contribution in [3.05, 3.63) is 41.9 Å². The quantitative estimate of drug-likeness (QED) is 0.366. The lowest BCUT2D eigenvalue weighted by molar-refractivity contribution is -0.124. The third-order valence-corrected chi connectivity index (χ3v) is 3.42. The Hall–Kier alpha value is -2.37. The van der Waals surface area contributed by atoms with E-state index in [4.69, 9.17) is 5.73 Å². The van der Waals surface area contributed by atoms with E-state index in [-0.39, 0.29) is 18.2 Å². The molecule has 0 saturated heterocycles. The standard InChI is InChI=1S/C17H26N4O2/c1-3-7-13(8-4-2)21-17(23)15(11-18)16(22)20-12-14-9-5-6-10-19-14/h5-6,9-11,13H,3-4,7-8,12,18H2,1-2H3,(H,20,22)(H,21,23)/b15-11+. The highest BCUT2D eigenvalue weighted by Crippen LogP contribution is 2.06. The van der Waals surface area contributed by atoms with Crippen molar-refractivity contribution in [1.29, 1.82) is 0 Å². The van der Waals surface area contributed by atoms with Gasteiger partial charge in [-0.15, -0.1) is 0 Å². The Balaban J connectivity index is 2.60. The molecule has 6 heteroatoms. The van der Waals surface area contributed by atoms with E-state index < -0.39 is 11.8 Å². The van der Waals surface area contributed by atoms with E-state index in [1.54, 1.807) is 18.3 Å². The fourth-order valence-corrected chi connectivity index (χ4v) is 2.27. The van der Waals surface area contributed by atoms with Gasteiger partial charge in [-0.25, -0.2) is 0 Å². The van der Waals surface area contributed by atoms with Gasteiger partial charge in [0.05, 0.1) is 12.2 Å². The molecule has 1 rings (SSSR count). The molecule has 1 aromatic rings. The maximum Gasteiger partial charge on any atom is 0.258 e. The number of nitrogens with two attached hydrogens (primary N) is 1. The van der Waals surface area contributed by atoms with Crippen LogP contribution < -0.4 is 16.4 Å². The monoisotopic (exact) mass is 318 g/mol. The van der Waals surface area contributed by atoms with Crippen LogP contribution in [0.15, 0.2) is 36.2 Å². The molecule has 0 aromatic carbocycles. The molecular formula is C17H26N4O2. The largest absolute Gasteiger partial charge is 0.404 e. The van der Waals surface area contributed by atoms with Gasteiger partial charge in [-0.2, -0.15) is 0 Å². The number of hydrogen-bond donors (Lipinski definition) is 3. The lowest BCUT2D eigenvalue weighted by Crippen LogP contribution is -2.40. The summed E-state index contributed by atoms with van der Waals surface area (Å²) in [5, 5.41) is 5.54. The van der Waals surface area contributed by atoms with Crippen LogP contribution in [0.25, 0.3) is 0 Å². The van der Waals surface area contributed by atoms with Crippen molar-refractivity contribution in [3.63, 3.8) is 0 Å². The van der Waals surface area contributed by atoms with Gasteiger partial charge in [0.15, 0.2) is 0 Å². The van der Waals surface area contributed by atoms with Gasteiger partial charge in [0.25, 0.3) is 11.8 Å². The van der Waals surface area contributed by atoms with Crippen LogP contribution in [0.2, 0.25) is 0 Å². The summed E-state index contributed by atoms with van der Waals surface area (Å²) in [6.07, 6.45) is 6.41. The molecule has 126 valence electrons. The van der Waals surface area contributed by atoms with E-state index in [2.05, 4.69) is 29.5 Å². The SMILES string of the molecule is CCCC(CCC)NC(=O)/C(=C/N)C(=O)NCc1ccccn1. The van der Waals surface area contributed by atoms with Crippen molar-refractivity contribution < 1.29 is 9.59 Å². The molecule has 0 aliphatic rings. The van der Waals surface area contributed by atoms with Crippen molar-refractivity contribution in [1.82, 2.24) is 15.6 Å². The Morgan fingerprint density at radius 2 is 1.91 bits per heavy atom. The van der Waals surface area contributed by atoms with Crippen LogP contribution in [-0.2, 0) is 16.1 Å². The summed E-state index contributed by atoms with van der Waals surface area (Å²) < 4.78 is 0. The predicted octanol–water partition coefficient (Wildman–Crippen LogP) is 1.63. The minimum absolute atomic E-state index is 0.0658. The minimum atomic E-state index is -0.498. The molecule has 0 radical (unpaired) electrons. The molecule has 1 aromatic heterocycles. The maximum absolute atomic E-state index is 12.3. The Kier molecular flexibility index (Phi) is 8.42. The van der Waals surface area contributed by atoms with Gasteiger partial charge in [0.2, 0.25) is 0 Å². The third-order valence-electron chi connectivity index (χ3n) is 3.42. The first kappa shape index (κ1) is 18.7. The second-order valence-electron chi connectivity index (χ2n) is 5.33. The zero-order chi connectivity index (χ0) is 17.1. The molecular weight excluding hydrogens is 292 g/mol. The molecule has 1 heterocycles. The summed E-state index contributed by atoms with van der Waals surface area (Å²) in [7, 11) is 0. The molecule has 0 spiro atoms. The maximum atomic E-state index is 12.3. The Labute approximate surface area is 137 Å². The van der Waals surface area contributed by atoms with E-state index in [1.165, 1.54) is 0 Å². The summed E-state index contributed by atoms with van der Waals surface area (Å²) in [6, 6.07) is 5.49. The van der Waals surface area contributed by atoms with Crippen molar-refractivity contribution in [2.45, 2.75) is 52.1 Å². The molecule has 6 nitrogen and oxygen atoms in total. The fourth-order valence-electron chi connectivity index (χ4n) is 2.27. The first-order valence-corrected chi connectivity index (χ1v) is 8.03. The number of pyridine rings is 1. The van der Waals surface area contributed by atoms with Crippen LogP contribution in [0.5, 0.6) is 0 Å². The first-order chi connectivity index (χ1) is 11.1. The van der Waals surface area contributed by atoms with Gasteiger partial charge in [-0.05, 0) is 25.0 Å². The first-order valence-electron chi connectivity index (χ1n) is 8.03. The van der Waals surface area contributed by atoms with Gasteiger partial charge in [0, 0.05) is 18.4 Å². The van der Waals surface area contributed by atoms with Gasteiger partial charge in [-0.1, -0.05) is 32.8 Å². The van der Waals surface area contributed by atoms with E-state index in [0.717, 1.165) is 31.9 Å². The summed E-state index contributed by atoms with van der Waals surface area (Å²) in [5.41, 5.74) is 6.11. The Morgan fingerprint density at radius 1 is 1.22 bits per heavy atom. The third kappa shape index (κ3) is 6.50. The Bertz CT molecular complexity index is 523. The summed E-state index contributed by atoms with van der Waals surface area (Å²) >= 11 is 0. The molecule has 4 N–H and O–H groups in total. The topological polar surface area (TPSA) is 97.1 Å². The normalized spacial score (nSPS) is 11.3. The molecule has 2 amide bonds. The van der Waals surface area contributed by atoms with Crippen LogP contribution in [-0.4, -0.2) is 22.8 Å². The highest BCUT2D eigenvalue weighted by Gasteiger charge is 2.20. The molecule has 0 bridgehead atoms. The van der Waals surface area contributed by atoms with Crippen LogP contribution in [0, 0.1) is 0 Å². The van der Waals surface area contributed by atoms with E-state index in [9.17, 15) is 9.59 Å². The number of carbonyl (C=O) groups is 2. The molecule has 0 aliphatic carbocycles. The fraction of sp³-hybridized carbons (Fsp3) is 0.471. The predicted molar refractivity (Wildman–Crippen MR) is 90.1 cm³/mol. The minimum Gasteiger partial charge on any atom is -0.404 e. The second kappa shape index (κ2) is 10.4. The molecule has 0 saturated carbocycles. The lowest BCUT2D eigenvalue weighted by Gasteiger charge is -2.18. The summed E-state index contributed by atoms with van der Waals surface area (Å²) in [4.78, 5) is 28.5. The van der Waals surface area contributed by atoms with Crippen molar-refractivity contribution >= 4 is 11.8 Å². The zero-order valence-electron chi connectivity index (χ0n) is 13.8.